The zero-order valence-corrected chi connectivity index (χ0v) is 15.2. The minimum absolute atomic E-state index is 0.0964. The molecule has 0 bridgehead atoms. The number of nitroso groups, excluding NO2 is 1. The first-order valence-corrected chi connectivity index (χ1v) is 7.86. The summed E-state index contributed by atoms with van der Waals surface area (Å²) in [4.78, 5) is 38.1. The molecule has 0 radical (unpaired) electrons. The number of hydrogen-bond acceptors (Lipinski definition) is 7. The number of halogens is 2. The topological polar surface area (TPSA) is 161 Å². The molecule has 0 aromatic carbocycles. The van der Waals surface area contributed by atoms with E-state index in [9.17, 15) is 14.5 Å². The Morgan fingerprint density at radius 1 is 1.36 bits per heavy atom. The van der Waals surface area contributed by atoms with Gasteiger partial charge in [0.15, 0.2) is 5.69 Å². The average Bonchev–Trinajstić information content (AvgIpc) is 3.05. The zero-order valence-electron chi connectivity index (χ0n) is 13.6. The Labute approximate surface area is 153 Å². The van der Waals surface area contributed by atoms with Crippen molar-refractivity contribution in [3.63, 3.8) is 0 Å². The molecule has 1 aromatic heterocycles. The van der Waals surface area contributed by atoms with Crippen molar-refractivity contribution in [2.45, 2.75) is 0 Å². The summed E-state index contributed by atoms with van der Waals surface area (Å²) in [5.41, 5.74) is 5.20. The van der Waals surface area contributed by atoms with Crippen LogP contribution in [0.25, 0.3) is 0 Å². The van der Waals surface area contributed by atoms with E-state index in [1.165, 1.54) is 11.3 Å². The molecular formula is C11H19Cl2N9O3. The van der Waals surface area contributed by atoms with Gasteiger partial charge in [-0.2, -0.15) is 5.01 Å². The molecule has 0 fully saturated rings. The predicted octanol–water partition coefficient (Wildman–Crippen LogP) is 1.23. The van der Waals surface area contributed by atoms with Crippen LogP contribution in [0.3, 0.4) is 0 Å². The average molecular weight is 396 g/mol. The van der Waals surface area contributed by atoms with Crippen LogP contribution in [0.2, 0.25) is 0 Å². The smallest absolute Gasteiger partial charge is 0.340 e. The number of nitrogens with one attached hydrogen (secondary N) is 2. The third-order valence-corrected chi connectivity index (χ3v) is 2.54. The van der Waals surface area contributed by atoms with Crippen molar-refractivity contribution in [3.8, 4) is 0 Å². The maximum absolute atomic E-state index is 10.9. The number of urea groups is 1. The normalized spacial score (nSPS) is 9.92. The molecule has 1 heterocycles. The van der Waals surface area contributed by atoms with E-state index in [2.05, 4.69) is 30.9 Å². The van der Waals surface area contributed by atoms with Crippen molar-refractivity contribution >= 4 is 41.0 Å². The van der Waals surface area contributed by atoms with Gasteiger partial charge in [-0.05, 0) is 0 Å². The molecular weight excluding hydrogens is 377 g/mol. The number of primary amides is 1. The summed E-state index contributed by atoms with van der Waals surface area (Å²) in [6, 6.07) is -0.578. The molecule has 14 heteroatoms. The molecule has 0 aliphatic carbocycles. The standard InChI is InChI=1S/C6H10N6O.C5H9Cl2N3O2/c1-12(2)11-10-6-4(5(7)13)8-3-9-6;6-1-3-8-5(11)10(9-12)4-2-7/h3H,1-2H3,(H2,7,13)(H,8,9);1-4H2,(H,8,11). The molecule has 140 valence electrons. The van der Waals surface area contributed by atoms with Crippen LogP contribution in [0, 0.1) is 4.91 Å². The van der Waals surface area contributed by atoms with Crippen LogP contribution in [-0.2, 0) is 0 Å². The minimum atomic E-state index is -0.606. The van der Waals surface area contributed by atoms with Gasteiger partial charge in [-0.1, -0.05) is 5.22 Å². The third-order valence-electron chi connectivity index (χ3n) is 2.18. The number of carbonyl (C=O) groups is 2. The summed E-state index contributed by atoms with van der Waals surface area (Å²) in [6.07, 6.45) is 1.34. The van der Waals surface area contributed by atoms with Crippen LogP contribution in [0.4, 0.5) is 10.6 Å². The first-order chi connectivity index (χ1) is 11.9. The molecule has 0 spiro atoms. The van der Waals surface area contributed by atoms with Crippen molar-refractivity contribution in [1.82, 2.24) is 25.3 Å². The number of aromatic amines is 1. The number of carbonyl (C=O) groups excluding carboxylic acids is 2. The fourth-order valence-electron chi connectivity index (χ4n) is 1.18. The summed E-state index contributed by atoms with van der Waals surface area (Å²) in [7, 11) is 3.42. The molecule has 0 saturated heterocycles. The summed E-state index contributed by atoms with van der Waals surface area (Å²) in [5.74, 6) is 0.0470. The van der Waals surface area contributed by atoms with Crippen LogP contribution in [0.5, 0.6) is 0 Å². The molecule has 4 N–H and O–H groups in total. The highest BCUT2D eigenvalue weighted by Gasteiger charge is 2.11. The second-order valence-electron chi connectivity index (χ2n) is 4.32. The van der Waals surface area contributed by atoms with Gasteiger partial charge >= 0.3 is 6.03 Å². The van der Waals surface area contributed by atoms with Gasteiger partial charge in [-0.25, -0.2) is 9.78 Å². The lowest BCUT2D eigenvalue weighted by atomic mass is 10.4. The van der Waals surface area contributed by atoms with E-state index in [0.717, 1.165) is 0 Å². The quantitative estimate of drug-likeness (QED) is 0.260. The van der Waals surface area contributed by atoms with Gasteiger partial charge in [0.2, 0.25) is 5.82 Å². The van der Waals surface area contributed by atoms with Crippen molar-refractivity contribution in [1.29, 1.82) is 0 Å². The van der Waals surface area contributed by atoms with Crippen molar-refractivity contribution < 1.29 is 9.59 Å². The Morgan fingerprint density at radius 3 is 2.52 bits per heavy atom. The SMILES string of the molecule is CN(C)N=Nc1nc[nH]c1C(N)=O.O=NN(CCCl)C(=O)NCCCl. The second-order valence-corrected chi connectivity index (χ2v) is 5.07. The Balaban J connectivity index is 0.000000463. The number of imidazole rings is 1. The van der Waals surface area contributed by atoms with Gasteiger partial charge < -0.3 is 16.0 Å². The number of amides is 3. The number of nitrogens with two attached hydrogens (primary N) is 1. The molecule has 3 amide bonds. The summed E-state index contributed by atoms with van der Waals surface area (Å²) < 4.78 is 0. The molecule has 0 unspecified atom stereocenters. The fraction of sp³-hybridized carbons (Fsp3) is 0.545. The van der Waals surface area contributed by atoms with E-state index in [-0.39, 0.29) is 23.9 Å². The maximum Gasteiger partial charge on any atom is 0.340 e. The van der Waals surface area contributed by atoms with Crippen LogP contribution in [0.15, 0.2) is 22.0 Å². The maximum atomic E-state index is 10.9. The molecule has 1 aromatic rings. The number of alkyl halides is 2. The predicted molar refractivity (Wildman–Crippen MR) is 92.6 cm³/mol. The van der Waals surface area contributed by atoms with Crippen molar-refractivity contribution in [2.24, 2.45) is 21.4 Å². The Kier molecular flexibility index (Phi) is 11.6. The molecule has 0 aliphatic heterocycles. The first kappa shape index (κ1) is 22.5. The number of hydrogen-bond donors (Lipinski definition) is 3. The van der Waals surface area contributed by atoms with Gasteiger partial charge in [0.1, 0.15) is 0 Å². The molecule has 1 rings (SSSR count). The summed E-state index contributed by atoms with van der Waals surface area (Å²) in [5, 5.41) is 14.4. The lowest BCUT2D eigenvalue weighted by Gasteiger charge is -2.11. The van der Waals surface area contributed by atoms with Crippen LogP contribution < -0.4 is 11.1 Å². The number of aromatic nitrogens is 2. The van der Waals surface area contributed by atoms with E-state index < -0.39 is 11.9 Å². The summed E-state index contributed by atoms with van der Waals surface area (Å²) >= 11 is 10.6. The first-order valence-electron chi connectivity index (χ1n) is 6.80. The van der Waals surface area contributed by atoms with Crippen molar-refractivity contribution in [2.75, 3.05) is 38.9 Å². The van der Waals surface area contributed by atoms with Crippen molar-refractivity contribution in [3.05, 3.63) is 16.9 Å². The lowest BCUT2D eigenvalue weighted by Crippen LogP contribution is -2.38. The van der Waals surface area contributed by atoms with Crippen LogP contribution in [-0.4, -0.2) is 70.9 Å². The molecule has 25 heavy (non-hydrogen) atoms. The van der Waals surface area contributed by atoms with Crippen LogP contribution >= 0.6 is 23.2 Å². The van der Waals surface area contributed by atoms with E-state index in [1.807, 2.05) is 0 Å². The Morgan fingerprint density at radius 2 is 2.04 bits per heavy atom. The van der Waals surface area contributed by atoms with Gasteiger partial charge in [0.25, 0.3) is 5.91 Å². The monoisotopic (exact) mass is 395 g/mol. The number of nitrogens with zero attached hydrogens (tertiary/aromatic N) is 6. The molecule has 0 aliphatic rings. The molecule has 0 saturated carbocycles. The Bertz CT molecular complexity index is 579. The highest BCUT2D eigenvalue weighted by atomic mass is 35.5. The van der Waals surface area contributed by atoms with E-state index in [4.69, 9.17) is 28.9 Å². The highest BCUT2D eigenvalue weighted by molar-refractivity contribution is 6.18. The van der Waals surface area contributed by atoms with Gasteiger partial charge in [0.05, 0.1) is 18.2 Å². The van der Waals surface area contributed by atoms with Gasteiger partial charge in [0, 0.05) is 32.4 Å². The van der Waals surface area contributed by atoms with E-state index in [1.54, 1.807) is 14.1 Å². The van der Waals surface area contributed by atoms with Gasteiger partial charge in [-0.3, -0.25) is 9.80 Å². The van der Waals surface area contributed by atoms with Crippen LogP contribution in [0.1, 0.15) is 10.5 Å². The molecule has 0 atom stereocenters. The second kappa shape index (κ2) is 12.9. The van der Waals surface area contributed by atoms with E-state index in [0.29, 0.717) is 17.4 Å². The minimum Gasteiger partial charge on any atom is -0.364 e. The molecule has 12 nitrogen and oxygen atoms in total. The van der Waals surface area contributed by atoms with E-state index >= 15 is 0 Å². The highest BCUT2D eigenvalue weighted by Crippen LogP contribution is 2.12. The zero-order chi connectivity index (χ0) is 19.2. The summed E-state index contributed by atoms with van der Waals surface area (Å²) in [6.45, 7) is 0.397. The third kappa shape index (κ3) is 9.42. The van der Waals surface area contributed by atoms with Gasteiger partial charge in [-0.15, -0.1) is 33.2 Å². The number of H-pyrrole nitrogens is 1. The fourth-order valence-corrected chi connectivity index (χ4v) is 1.44. The Hall–Kier alpha value is -2.47. The largest absolute Gasteiger partial charge is 0.364 e. The lowest BCUT2D eigenvalue weighted by molar-refractivity contribution is 0.0996. The number of rotatable bonds is 8.